The maximum Gasteiger partial charge on any atom is 0.254 e. The van der Waals surface area contributed by atoms with Gasteiger partial charge in [-0.15, -0.1) is 0 Å². The Hall–Kier alpha value is -3.68. The molecule has 1 aliphatic heterocycles. The number of hydrogen-bond acceptors (Lipinski definition) is 6. The lowest BCUT2D eigenvalue weighted by molar-refractivity contribution is 0.0950. The van der Waals surface area contributed by atoms with Crippen LogP contribution in [0.2, 0.25) is 0 Å². The monoisotopic (exact) mass is 366 g/mol. The molecule has 0 unspecified atom stereocenters. The van der Waals surface area contributed by atoms with Gasteiger partial charge in [0, 0.05) is 24.6 Å². The molecule has 0 saturated heterocycles. The summed E-state index contributed by atoms with van der Waals surface area (Å²) in [5.41, 5.74) is 1.73. The fraction of sp³-hybridized carbons (Fsp3) is 0.105. The molecule has 0 atom stereocenters. The average molecular weight is 366 g/mol. The number of amides is 1. The molecule has 1 aliphatic rings. The van der Waals surface area contributed by atoms with Crippen molar-refractivity contribution in [1.82, 2.24) is 15.3 Å². The van der Waals surface area contributed by atoms with Gasteiger partial charge >= 0.3 is 0 Å². The molecule has 2 N–H and O–H groups in total. The first kappa shape index (κ1) is 16.8. The Morgan fingerprint density at radius 2 is 1.89 bits per heavy atom. The number of ether oxygens (including phenoxy) is 2. The highest BCUT2D eigenvalue weighted by molar-refractivity contribution is 5.93. The number of anilines is 2. The fourth-order valence-electron chi connectivity index (χ4n) is 2.54. The molecule has 4 rings (SSSR count). The molecule has 0 saturated carbocycles. The highest BCUT2D eigenvalue weighted by Crippen LogP contribution is 2.32. The Morgan fingerprint density at radius 1 is 1.07 bits per heavy atom. The number of aromatic nitrogens is 2. The van der Waals surface area contributed by atoms with Gasteiger partial charge in [0.2, 0.25) is 12.7 Å². The second-order valence-corrected chi connectivity index (χ2v) is 5.80. The molecule has 7 nitrogen and oxygen atoms in total. The Labute approximate surface area is 154 Å². The van der Waals surface area contributed by atoms with Crippen LogP contribution < -0.4 is 20.1 Å². The Morgan fingerprint density at radius 3 is 2.70 bits per heavy atom. The van der Waals surface area contributed by atoms with Crippen molar-refractivity contribution in [2.45, 2.75) is 6.54 Å². The van der Waals surface area contributed by atoms with E-state index >= 15 is 0 Å². The molecule has 0 fully saturated rings. The summed E-state index contributed by atoms with van der Waals surface area (Å²) in [5, 5.41) is 5.67. The van der Waals surface area contributed by atoms with E-state index in [9.17, 15) is 9.18 Å². The first-order chi connectivity index (χ1) is 13.2. The van der Waals surface area contributed by atoms with Crippen molar-refractivity contribution >= 4 is 17.5 Å². The lowest BCUT2D eigenvalue weighted by Gasteiger charge is -2.07. The van der Waals surface area contributed by atoms with Gasteiger partial charge in [-0.25, -0.2) is 14.4 Å². The van der Waals surface area contributed by atoms with Crippen LogP contribution in [0, 0.1) is 5.82 Å². The number of carbonyl (C=O) groups is 1. The van der Waals surface area contributed by atoms with Crippen LogP contribution in [-0.2, 0) is 6.54 Å². The van der Waals surface area contributed by atoms with Crippen LogP contribution >= 0.6 is 0 Å². The number of fused-ring (bicyclic) bond motifs is 1. The molecule has 27 heavy (non-hydrogen) atoms. The predicted molar refractivity (Wildman–Crippen MR) is 95.4 cm³/mol. The maximum absolute atomic E-state index is 13.2. The normalized spacial score (nSPS) is 11.9. The van der Waals surface area contributed by atoms with Gasteiger partial charge in [0.05, 0.1) is 5.56 Å². The van der Waals surface area contributed by atoms with Crippen LogP contribution in [0.15, 0.2) is 54.9 Å². The molecule has 0 bridgehead atoms. The highest BCUT2D eigenvalue weighted by Gasteiger charge is 2.14. The summed E-state index contributed by atoms with van der Waals surface area (Å²) < 4.78 is 23.8. The molecule has 1 amide bonds. The molecule has 136 valence electrons. The van der Waals surface area contributed by atoms with E-state index in [1.807, 2.05) is 12.1 Å². The van der Waals surface area contributed by atoms with E-state index in [4.69, 9.17) is 9.47 Å². The Kier molecular flexibility index (Phi) is 4.52. The van der Waals surface area contributed by atoms with Gasteiger partial charge in [0.15, 0.2) is 11.5 Å². The van der Waals surface area contributed by atoms with Crippen LogP contribution in [0.4, 0.5) is 16.0 Å². The third-order valence-electron chi connectivity index (χ3n) is 3.88. The lowest BCUT2D eigenvalue weighted by atomic mass is 10.2. The van der Waals surface area contributed by atoms with E-state index in [1.54, 1.807) is 18.2 Å². The molecule has 3 aromatic rings. The number of nitrogens with one attached hydrogen (secondary N) is 2. The summed E-state index contributed by atoms with van der Waals surface area (Å²) in [5.74, 6) is 0.968. The topological polar surface area (TPSA) is 85.4 Å². The molecular formula is C19H15FN4O3. The quantitative estimate of drug-likeness (QED) is 0.722. The summed E-state index contributed by atoms with van der Waals surface area (Å²) >= 11 is 0. The second kappa shape index (κ2) is 7.28. The van der Waals surface area contributed by atoms with Crippen LogP contribution in [-0.4, -0.2) is 22.7 Å². The van der Waals surface area contributed by atoms with Crippen molar-refractivity contribution < 1.29 is 18.7 Å². The zero-order valence-corrected chi connectivity index (χ0v) is 14.1. The van der Waals surface area contributed by atoms with E-state index in [1.165, 1.54) is 24.5 Å². The smallest absolute Gasteiger partial charge is 0.254 e. The number of hydrogen-bond donors (Lipinski definition) is 2. The van der Waals surface area contributed by atoms with Gasteiger partial charge in [0.1, 0.15) is 5.82 Å². The summed E-state index contributed by atoms with van der Waals surface area (Å²) in [6.07, 6.45) is 2.81. The number of halogens is 1. The third kappa shape index (κ3) is 3.95. The van der Waals surface area contributed by atoms with Gasteiger partial charge in [-0.2, -0.15) is 0 Å². The SMILES string of the molecule is O=C(NCc1ccc2c(c1)OCO2)c1cnc(Nc2cccc(F)c2)nc1. The minimum atomic E-state index is -0.362. The van der Waals surface area contributed by atoms with Crippen LogP contribution in [0.25, 0.3) is 0 Å². The number of benzene rings is 2. The van der Waals surface area contributed by atoms with E-state index in [0.29, 0.717) is 29.3 Å². The summed E-state index contributed by atoms with van der Waals surface area (Å²) in [6, 6.07) is 11.4. The molecule has 0 aliphatic carbocycles. The minimum absolute atomic E-state index is 0.207. The van der Waals surface area contributed by atoms with Gasteiger partial charge < -0.3 is 20.1 Å². The van der Waals surface area contributed by atoms with Crippen molar-refractivity contribution in [2.24, 2.45) is 0 Å². The van der Waals surface area contributed by atoms with Crippen molar-refractivity contribution in [1.29, 1.82) is 0 Å². The van der Waals surface area contributed by atoms with Crippen molar-refractivity contribution in [3.05, 3.63) is 71.8 Å². The fourth-order valence-corrected chi connectivity index (χ4v) is 2.54. The summed E-state index contributed by atoms with van der Waals surface area (Å²) in [7, 11) is 0. The zero-order chi connectivity index (χ0) is 18.6. The zero-order valence-electron chi connectivity index (χ0n) is 14.1. The van der Waals surface area contributed by atoms with E-state index < -0.39 is 0 Å². The molecule has 8 heteroatoms. The van der Waals surface area contributed by atoms with Crippen LogP contribution in [0.5, 0.6) is 11.5 Å². The van der Waals surface area contributed by atoms with Gasteiger partial charge in [-0.3, -0.25) is 4.79 Å². The largest absolute Gasteiger partial charge is 0.454 e. The Balaban J connectivity index is 1.36. The van der Waals surface area contributed by atoms with Gasteiger partial charge in [-0.1, -0.05) is 12.1 Å². The molecule has 0 spiro atoms. The molecule has 0 radical (unpaired) electrons. The standard InChI is InChI=1S/C19H15FN4O3/c20-14-2-1-3-15(7-14)24-19-22-9-13(10-23-19)18(25)21-8-12-4-5-16-17(6-12)27-11-26-16/h1-7,9-10H,8,11H2,(H,21,25)(H,22,23,24). The molecule has 2 heterocycles. The molecule has 2 aromatic carbocycles. The van der Waals surface area contributed by atoms with E-state index in [0.717, 1.165) is 5.56 Å². The molecular weight excluding hydrogens is 351 g/mol. The third-order valence-corrected chi connectivity index (χ3v) is 3.88. The van der Waals surface area contributed by atoms with Crippen molar-refractivity contribution in [3.63, 3.8) is 0 Å². The van der Waals surface area contributed by atoms with Crippen molar-refractivity contribution in [3.8, 4) is 11.5 Å². The van der Waals surface area contributed by atoms with Gasteiger partial charge in [-0.05, 0) is 35.9 Å². The predicted octanol–water partition coefficient (Wildman–Crippen LogP) is 3.02. The first-order valence-electron chi connectivity index (χ1n) is 8.19. The average Bonchev–Trinajstić information content (AvgIpc) is 3.14. The maximum atomic E-state index is 13.2. The van der Waals surface area contributed by atoms with E-state index in [-0.39, 0.29) is 24.5 Å². The second-order valence-electron chi connectivity index (χ2n) is 5.80. The van der Waals surface area contributed by atoms with Crippen molar-refractivity contribution in [2.75, 3.05) is 12.1 Å². The summed E-state index contributed by atoms with van der Waals surface area (Å²) in [6.45, 7) is 0.539. The Bertz CT molecular complexity index is 979. The van der Waals surface area contributed by atoms with Gasteiger partial charge in [0.25, 0.3) is 5.91 Å². The van der Waals surface area contributed by atoms with Crippen LogP contribution in [0.3, 0.4) is 0 Å². The number of rotatable bonds is 5. The lowest BCUT2D eigenvalue weighted by Crippen LogP contribution is -2.23. The van der Waals surface area contributed by atoms with E-state index in [2.05, 4.69) is 20.6 Å². The van der Waals surface area contributed by atoms with Crippen LogP contribution in [0.1, 0.15) is 15.9 Å². The molecule has 1 aromatic heterocycles. The summed E-state index contributed by atoms with van der Waals surface area (Å²) in [4.78, 5) is 20.4. The highest BCUT2D eigenvalue weighted by atomic mass is 19.1. The minimum Gasteiger partial charge on any atom is -0.454 e. The number of carbonyl (C=O) groups excluding carboxylic acids is 1. The number of nitrogens with zero attached hydrogens (tertiary/aromatic N) is 2. The first-order valence-corrected chi connectivity index (χ1v) is 8.19.